The lowest BCUT2D eigenvalue weighted by molar-refractivity contribution is 0.0526. The number of carbonyl (C=O) groups is 1. The van der Waals surface area contributed by atoms with Gasteiger partial charge in [0.05, 0.1) is 18.5 Å². The fourth-order valence-corrected chi connectivity index (χ4v) is 2.18. The summed E-state index contributed by atoms with van der Waals surface area (Å²) in [5.41, 5.74) is 1.35. The van der Waals surface area contributed by atoms with Crippen molar-refractivity contribution in [2.24, 2.45) is 0 Å². The van der Waals surface area contributed by atoms with Gasteiger partial charge < -0.3 is 19.9 Å². The van der Waals surface area contributed by atoms with Crippen LogP contribution >= 0.6 is 12.2 Å². The molecule has 0 bridgehead atoms. The van der Waals surface area contributed by atoms with E-state index in [-0.39, 0.29) is 5.97 Å². The molecule has 1 heterocycles. The Bertz CT molecular complexity index is 626. The number of thiocarbonyl (C=S) groups is 1. The molecule has 0 radical (unpaired) electrons. The lowest BCUT2D eigenvalue weighted by Gasteiger charge is -2.11. The Kier molecular flexibility index (Phi) is 6.56. The minimum Gasteiger partial charge on any atom is -0.462 e. The number of imidazole rings is 1. The molecule has 122 valence electrons. The summed E-state index contributed by atoms with van der Waals surface area (Å²) in [4.78, 5) is 15.6. The van der Waals surface area contributed by atoms with Gasteiger partial charge in [0, 0.05) is 31.2 Å². The first kappa shape index (κ1) is 17.0. The summed E-state index contributed by atoms with van der Waals surface area (Å²) in [7, 11) is 0. The van der Waals surface area contributed by atoms with Gasteiger partial charge in [-0.15, -0.1) is 0 Å². The van der Waals surface area contributed by atoms with Crippen LogP contribution in [0.15, 0.2) is 43.0 Å². The number of esters is 1. The number of benzene rings is 1. The SMILES string of the molecule is CCOC(=O)c1ccc(NC(=S)NCCCn2ccnc2)cc1. The first-order valence-corrected chi connectivity index (χ1v) is 7.87. The van der Waals surface area contributed by atoms with Crippen LogP contribution in [-0.2, 0) is 11.3 Å². The number of hydrogen-bond donors (Lipinski definition) is 2. The third-order valence-corrected chi connectivity index (χ3v) is 3.34. The van der Waals surface area contributed by atoms with Crippen molar-refractivity contribution < 1.29 is 9.53 Å². The van der Waals surface area contributed by atoms with E-state index in [1.807, 2.05) is 10.8 Å². The van der Waals surface area contributed by atoms with E-state index >= 15 is 0 Å². The fourth-order valence-electron chi connectivity index (χ4n) is 1.96. The van der Waals surface area contributed by atoms with E-state index < -0.39 is 0 Å². The molecule has 0 saturated carbocycles. The van der Waals surface area contributed by atoms with E-state index in [9.17, 15) is 4.79 Å². The number of anilines is 1. The van der Waals surface area contributed by atoms with Crippen molar-refractivity contribution in [1.82, 2.24) is 14.9 Å². The Hall–Kier alpha value is -2.41. The molecule has 23 heavy (non-hydrogen) atoms. The maximum absolute atomic E-state index is 11.6. The zero-order valence-corrected chi connectivity index (χ0v) is 13.8. The summed E-state index contributed by atoms with van der Waals surface area (Å²) in [5, 5.41) is 6.78. The number of hydrogen-bond acceptors (Lipinski definition) is 4. The predicted octanol–water partition coefficient (Wildman–Crippen LogP) is 2.44. The van der Waals surface area contributed by atoms with Gasteiger partial charge in [0.1, 0.15) is 0 Å². The third kappa shape index (κ3) is 5.71. The van der Waals surface area contributed by atoms with Gasteiger partial charge in [-0.25, -0.2) is 9.78 Å². The molecule has 0 atom stereocenters. The van der Waals surface area contributed by atoms with E-state index in [0.29, 0.717) is 17.3 Å². The van der Waals surface area contributed by atoms with E-state index in [1.54, 1.807) is 43.7 Å². The van der Waals surface area contributed by atoms with Gasteiger partial charge in [0.2, 0.25) is 0 Å². The lowest BCUT2D eigenvalue weighted by atomic mass is 10.2. The highest BCUT2D eigenvalue weighted by Crippen LogP contribution is 2.10. The van der Waals surface area contributed by atoms with Gasteiger partial charge in [-0.3, -0.25) is 0 Å². The Morgan fingerprint density at radius 2 is 2.13 bits per heavy atom. The molecule has 1 aromatic carbocycles. The van der Waals surface area contributed by atoms with Gasteiger partial charge in [-0.2, -0.15) is 0 Å². The molecule has 0 fully saturated rings. The molecular formula is C16H20N4O2S. The number of aryl methyl sites for hydroxylation is 1. The lowest BCUT2D eigenvalue weighted by Crippen LogP contribution is -2.29. The van der Waals surface area contributed by atoms with E-state index in [0.717, 1.165) is 25.2 Å². The highest BCUT2D eigenvalue weighted by atomic mass is 32.1. The van der Waals surface area contributed by atoms with Crippen LogP contribution in [0, 0.1) is 0 Å². The topological polar surface area (TPSA) is 68.2 Å². The van der Waals surface area contributed by atoms with Crippen LogP contribution < -0.4 is 10.6 Å². The van der Waals surface area contributed by atoms with Gasteiger partial charge in [-0.05, 0) is 49.8 Å². The summed E-state index contributed by atoms with van der Waals surface area (Å²) in [5.74, 6) is -0.320. The first-order valence-electron chi connectivity index (χ1n) is 7.47. The second-order valence-electron chi connectivity index (χ2n) is 4.83. The van der Waals surface area contributed by atoms with Crippen LogP contribution in [0.3, 0.4) is 0 Å². The monoisotopic (exact) mass is 332 g/mol. The van der Waals surface area contributed by atoms with Crippen LogP contribution in [0.5, 0.6) is 0 Å². The molecule has 0 saturated heterocycles. The summed E-state index contributed by atoms with van der Waals surface area (Å²) in [6, 6.07) is 7.02. The molecule has 0 aliphatic heterocycles. The smallest absolute Gasteiger partial charge is 0.338 e. The minimum atomic E-state index is -0.320. The number of ether oxygens (including phenoxy) is 1. The maximum atomic E-state index is 11.6. The maximum Gasteiger partial charge on any atom is 0.338 e. The standard InChI is InChI=1S/C16H20N4O2S/c1-2-22-15(21)13-4-6-14(7-5-13)19-16(23)18-8-3-10-20-11-9-17-12-20/h4-7,9,11-12H,2-3,8,10H2,1H3,(H2,18,19,23). The number of rotatable bonds is 7. The van der Waals surface area contributed by atoms with Crippen LogP contribution in [0.25, 0.3) is 0 Å². The van der Waals surface area contributed by atoms with Gasteiger partial charge in [0.25, 0.3) is 0 Å². The zero-order chi connectivity index (χ0) is 16.5. The van der Waals surface area contributed by atoms with Crippen LogP contribution in [0.2, 0.25) is 0 Å². The molecule has 2 N–H and O–H groups in total. The normalized spacial score (nSPS) is 10.1. The van der Waals surface area contributed by atoms with Crippen molar-refractivity contribution >= 4 is 29.0 Å². The summed E-state index contributed by atoms with van der Waals surface area (Å²) in [6.45, 7) is 3.81. The largest absolute Gasteiger partial charge is 0.462 e. The Balaban J connectivity index is 1.71. The van der Waals surface area contributed by atoms with Crippen molar-refractivity contribution in [2.45, 2.75) is 19.9 Å². The molecular weight excluding hydrogens is 312 g/mol. The Labute approximate surface area is 140 Å². The van der Waals surface area contributed by atoms with E-state index in [1.165, 1.54) is 0 Å². The second-order valence-corrected chi connectivity index (χ2v) is 5.24. The van der Waals surface area contributed by atoms with Crippen molar-refractivity contribution in [3.8, 4) is 0 Å². The van der Waals surface area contributed by atoms with Crippen molar-refractivity contribution in [3.05, 3.63) is 48.5 Å². The summed E-state index contributed by atoms with van der Waals surface area (Å²) in [6.07, 6.45) is 6.43. The van der Waals surface area contributed by atoms with Gasteiger partial charge >= 0.3 is 5.97 Å². The van der Waals surface area contributed by atoms with Crippen LogP contribution in [0.4, 0.5) is 5.69 Å². The van der Waals surface area contributed by atoms with Crippen molar-refractivity contribution in [1.29, 1.82) is 0 Å². The quantitative estimate of drug-likeness (QED) is 0.461. The highest BCUT2D eigenvalue weighted by molar-refractivity contribution is 7.80. The zero-order valence-electron chi connectivity index (χ0n) is 13.0. The number of nitrogens with one attached hydrogen (secondary N) is 2. The summed E-state index contributed by atoms with van der Waals surface area (Å²) >= 11 is 5.24. The van der Waals surface area contributed by atoms with Crippen molar-refractivity contribution in [3.63, 3.8) is 0 Å². The summed E-state index contributed by atoms with van der Waals surface area (Å²) < 4.78 is 6.96. The molecule has 0 amide bonds. The molecule has 0 aliphatic carbocycles. The van der Waals surface area contributed by atoms with E-state index in [4.69, 9.17) is 17.0 Å². The highest BCUT2D eigenvalue weighted by Gasteiger charge is 2.05. The molecule has 2 aromatic rings. The first-order chi connectivity index (χ1) is 11.2. The molecule has 0 spiro atoms. The minimum absolute atomic E-state index is 0.320. The van der Waals surface area contributed by atoms with Crippen LogP contribution in [0.1, 0.15) is 23.7 Å². The molecule has 0 aliphatic rings. The second kappa shape index (κ2) is 8.89. The molecule has 7 heteroatoms. The van der Waals surface area contributed by atoms with E-state index in [2.05, 4.69) is 15.6 Å². The Morgan fingerprint density at radius 3 is 2.78 bits per heavy atom. The molecule has 6 nitrogen and oxygen atoms in total. The average Bonchev–Trinajstić information content (AvgIpc) is 3.06. The van der Waals surface area contributed by atoms with Gasteiger partial charge in [0.15, 0.2) is 5.11 Å². The molecule has 1 aromatic heterocycles. The van der Waals surface area contributed by atoms with Crippen molar-refractivity contribution in [2.75, 3.05) is 18.5 Å². The van der Waals surface area contributed by atoms with Gasteiger partial charge in [-0.1, -0.05) is 0 Å². The Morgan fingerprint density at radius 1 is 1.35 bits per heavy atom. The fraction of sp³-hybridized carbons (Fsp3) is 0.312. The van der Waals surface area contributed by atoms with Crippen LogP contribution in [-0.4, -0.2) is 33.8 Å². The number of aromatic nitrogens is 2. The number of nitrogens with zero attached hydrogens (tertiary/aromatic N) is 2. The molecule has 2 rings (SSSR count). The predicted molar refractivity (Wildman–Crippen MR) is 93.5 cm³/mol. The number of carbonyl (C=O) groups excluding carboxylic acids is 1. The third-order valence-electron chi connectivity index (χ3n) is 3.09. The molecule has 0 unspecified atom stereocenters. The average molecular weight is 332 g/mol.